The molecule has 0 saturated carbocycles. The van der Waals surface area contributed by atoms with E-state index in [2.05, 4.69) is 15.0 Å². The van der Waals surface area contributed by atoms with E-state index in [1.807, 2.05) is 25.1 Å². The predicted octanol–water partition coefficient (Wildman–Crippen LogP) is 1.13. The molecule has 0 radical (unpaired) electrons. The third kappa shape index (κ3) is 3.85. The second-order valence-electron chi connectivity index (χ2n) is 6.84. The van der Waals surface area contributed by atoms with Gasteiger partial charge >= 0.3 is 0 Å². The number of hydrogen-bond acceptors (Lipinski definition) is 6. The lowest BCUT2D eigenvalue weighted by molar-refractivity contribution is -0.133. The van der Waals surface area contributed by atoms with Gasteiger partial charge in [-0.15, -0.1) is 0 Å². The highest BCUT2D eigenvalue weighted by atomic mass is 16.5. The summed E-state index contributed by atoms with van der Waals surface area (Å²) < 4.78 is 5.00. The molecule has 2 aromatic heterocycles. The number of nitrogens with zero attached hydrogens (tertiary/aromatic N) is 4. The summed E-state index contributed by atoms with van der Waals surface area (Å²) in [6.45, 7) is 1.79. The lowest BCUT2D eigenvalue weighted by Gasteiger charge is -2.33. The summed E-state index contributed by atoms with van der Waals surface area (Å²) >= 11 is 0. The number of aromatic nitrogens is 3. The Morgan fingerprint density at radius 1 is 1.46 bits per heavy atom. The molecule has 3 rings (SSSR count). The molecule has 0 aromatic carbocycles. The van der Waals surface area contributed by atoms with Crippen molar-refractivity contribution in [1.29, 1.82) is 0 Å². The van der Waals surface area contributed by atoms with Crippen molar-refractivity contribution in [2.45, 2.75) is 25.2 Å². The van der Waals surface area contributed by atoms with Gasteiger partial charge in [0.05, 0.1) is 23.9 Å². The molecule has 0 bridgehead atoms. The summed E-state index contributed by atoms with van der Waals surface area (Å²) in [6.07, 6.45) is 3.79. The Kier molecular flexibility index (Phi) is 5.51. The minimum absolute atomic E-state index is 0.0944. The zero-order chi connectivity index (χ0) is 18.7. The van der Waals surface area contributed by atoms with Gasteiger partial charge in [-0.2, -0.15) is 0 Å². The molecule has 8 heteroatoms. The van der Waals surface area contributed by atoms with Crippen molar-refractivity contribution in [1.82, 2.24) is 19.9 Å². The molecule has 0 aliphatic carbocycles. The molecule has 1 aliphatic heterocycles. The van der Waals surface area contributed by atoms with Crippen LogP contribution in [0.1, 0.15) is 30.9 Å². The van der Waals surface area contributed by atoms with Gasteiger partial charge in [-0.25, -0.2) is 9.97 Å². The Morgan fingerprint density at radius 2 is 2.27 bits per heavy atom. The molecule has 1 atom stereocenters. The standard InChI is InChI=1S/C18H25N5O3/c1-22(2)18-19-10-13-15(21-18)9-14(20-17(13)25)12-5-4-7-23(11-12)16(24)6-8-26-3/h9-10,12H,4-8,11H2,1-3H3,(H,20,25)/t12-/m0/s1. The molecular formula is C18H25N5O3. The molecule has 2 aromatic rings. The highest BCUT2D eigenvalue weighted by Gasteiger charge is 2.25. The Morgan fingerprint density at radius 3 is 3.00 bits per heavy atom. The van der Waals surface area contributed by atoms with Crippen molar-refractivity contribution in [2.75, 3.05) is 45.8 Å². The fourth-order valence-electron chi connectivity index (χ4n) is 3.29. The van der Waals surface area contributed by atoms with Crippen LogP contribution in [-0.4, -0.2) is 66.7 Å². The van der Waals surface area contributed by atoms with Crippen LogP contribution in [0.3, 0.4) is 0 Å². The zero-order valence-electron chi connectivity index (χ0n) is 15.5. The summed E-state index contributed by atoms with van der Waals surface area (Å²) in [7, 11) is 5.32. The van der Waals surface area contributed by atoms with Gasteiger partial charge in [-0.3, -0.25) is 9.59 Å². The van der Waals surface area contributed by atoms with E-state index in [0.29, 0.717) is 36.4 Å². The quantitative estimate of drug-likeness (QED) is 0.860. The van der Waals surface area contributed by atoms with E-state index in [1.54, 1.807) is 18.2 Å². The van der Waals surface area contributed by atoms with Crippen molar-refractivity contribution < 1.29 is 9.53 Å². The molecule has 26 heavy (non-hydrogen) atoms. The maximum absolute atomic E-state index is 12.4. The van der Waals surface area contributed by atoms with Crippen molar-refractivity contribution in [3.63, 3.8) is 0 Å². The summed E-state index contributed by atoms with van der Waals surface area (Å²) in [5, 5.41) is 0.475. The van der Waals surface area contributed by atoms with Crippen LogP contribution in [0.2, 0.25) is 0 Å². The van der Waals surface area contributed by atoms with Gasteiger partial charge in [-0.05, 0) is 18.9 Å². The number of piperidine rings is 1. The first-order valence-electron chi connectivity index (χ1n) is 8.83. The number of aromatic amines is 1. The fourth-order valence-corrected chi connectivity index (χ4v) is 3.29. The molecule has 0 spiro atoms. The van der Waals surface area contributed by atoms with Crippen LogP contribution in [0.25, 0.3) is 10.9 Å². The first-order valence-corrected chi connectivity index (χ1v) is 8.83. The van der Waals surface area contributed by atoms with E-state index in [1.165, 1.54) is 0 Å². The number of carbonyl (C=O) groups is 1. The Hall–Kier alpha value is -2.48. The number of likely N-dealkylation sites (tertiary alicyclic amines) is 1. The zero-order valence-corrected chi connectivity index (χ0v) is 15.5. The van der Waals surface area contributed by atoms with Gasteiger partial charge in [0.15, 0.2) is 0 Å². The number of fused-ring (bicyclic) bond motifs is 1. The van der Waals surface area contributed by atoms with E-state index in [0.717, 1.165) is 25.1 Å². The number of nitrogens with one attached hydrogen (secondary N) is 1. The number of H-pyrrole nitrogens is 1. The maximum atomic E-state index is 12.4. The van der Waals surface area contributed by atoms with Gasteiger partial charge in [-0.1, -0.05) is 0 Å². The summed E-state index contributed by atoms with van der Waals surface area (Å²) in [5.74, 6) is 0.760. The van der Waals surface area contributed by atoms with Crippen LogP contribution in [0.15, 0.2) is 17.1 Å². The number of pyridine rings is 1. The Balaban J connectivity index is 1.87. The number of amides is 1. The molecule has 8 nitrogen and oxygen atoms in total. The number of hydrogen-bond donors (Lipinski definition) is 1. The average molecular weight is 359 g/mol. The summed E-state index contributed by atoms with van der Waals surface area (Å²) in [4.78, 5) is 40.0. The second kappa shape index (κ2) is 7.82. The van der Waals surface area contributed by atoms with Crippen molar-refractivity contribution in [3.05, 3.63) is 28.3 Å². The number of carbonyl (C=O) groups excluding carboxylic acids is 1. The molecule has 0 unspecified atom stereocenters. The lowest BCUT2D eigenvalue weighted by Crippen LogP contribution is -2.40. The molecule has 140 valence electrons. The number of ether oxygens (including phenoxy) is 1. The highest BCUT2D eigenvalue weighted by molar-refractivity contribution is 5.78. The van der Waals surface area contributed by atoms with E-state index < -0.39 is 0 Å². The van der Waals surface area contributed by atoms with Gasteiger partial charge in [0.2, 0.25) is 11.9 Å². The minimum Gasteiger partial charge on any atom is -0.384 e. The predicted molar refractivity (Wildman–Crippen MR) is 99.5 cm³/mol. The number of anilines is 1. The molecule has 1 aliphatic rings. The largest absolute Gasteiger partial charge is 0.384 e. The van der Waals surface area contributed by atoms with Crippen LogP contribution in [0, 0.1) is 0 Å². The SMILES string of the molecule is COCCC(=O)N1CCC[C@H](c2cc3nc(N(C)C)ncc3c(=O)[nH]2)C1. The van der Waals surface area contributed by atoms with Crippen molar-refractivity contribution in [2.24, 2.45) is 0 Å². The molecule has 1 fully saturated rings. The maximum Gasteiger partial charge on any atom is 0.259 e. The molecular weight excluding hydrogens is 334 g/mol. The van der Waals surface area contributed by atoms with E-state index in [-0.39, 0.29) is 17.4 Å². The van der Waals surface area contributed by atoms with Crippen molar-refractivity contribution >= 4 is 22.8 Å². The third-order valence-electron chi connectivity index (χ3n) is 4.73. The first kappa shape index (κ1) is 18.3. The Labute approximate surface area is 152 Å². The van der Waals surface area contributed by atoms with Crippen LogP contribution in [0.5, 0.6) is 0 Å². The number of methoxy groups -OCH3 is 1. The normalized spacial score (nSPS) is 17.5. The smallest absolute Gasteiger partial charge is 0.259 e. The van der Waals surface area contributed by atoms with Crippen LogP contribution < -0.4 is 10.5 Å². The average Bonchev–Trinajstić information content (AvgIpc) is 2.65. The minimum atomic E-state index is -0.189. The second-order valence-corrected chi connectivity index (χ2v) is 6.84. The van der Waals surface area contributed by atoms with Gasteiger partial charge in [0, 0.05) is 52.1 Å². The first-order chi connectivity index (χ1) is 12.5. The molecule has 1 saturated heterocycles. The number of rotatable bonds is 5. The van der Waals surface area contributed by atoms with Crippen molar-refractivity contribution in [3.8, 4) is 0 Å². The molecule has 1 amide bonds. The van der Waals surface area contributed by atoms with Crippen LogP contribution >= 0.6 is 0 Å². The van der Waals surface area contributed by atoms with E-state index in [4.69, 9.17) is 4.74 Å². The highest BCUT2D eigenvalue weighted by Crippen LogP contribution is 2.26. The molecule has 3 heterocycles. The van der Waals surface area contributed by atoms with Gasteiger partial charge in [0.25, 0.3) is 5.56 Å². The summed E-state index contributed by atoms with van der Waals surface area (Å²) in [6, 6.07) is 1.92. The Bertz CT molecular complexity index is 848. The van der Waals surface area contributed by atoms with Gasteiger partial charge in [0.1, 0.15) is 0 Å². The monoisotopic (exact) mass is 359 g/mol. The van der Waals surface area contributed by atoms with Crippen LogP contribution in [-0.2, 0) is 9.53 Å². The third-order valence-corrected chi connectivity index (χ3v) is 4.73. The fraction of sp³-hybridized carbons (Fsp3) is 0.556. The lowest BCUT2D eigenvalue weighted by atomic mass is 9.93. The van der Waals surface area contributed by atoms with Crippen LogP contribution in [0.4, 0.5) is 5.95 Å². The molecule has 1 N–H and O–H groups in total. The van der Waals surface area contributed by atoms with Gasteiger partial charge < -0.3 is 19.5 Å². The van der Waals surface area contributed by atoms with E-state index in [9.17, 15) is 9.59 Å². The summed E-state index contributed by atoms with van der Waals surface area (Å²) in [5.41, 5.74) is 1.27. The topological polar surface area (TPSA) is 91.4 Å². The van der Waals surface area contributed by atoms with E-state index >= 15 is 0 Å².